The summed E-state index contributed by atoms with van der Waals surface area (Å²) in [6, 6.07) is 13.7. The van der Waals surface area contributed by atoms with Crippen LogP contribution >= 0.6 is 0 Å². The van der Waals surface area contributed by atoms with Crippen LogP contribution in [0.15, 0.2) is 42.5 Å². The largest absolute Gasteiger partial charge is 0.463 e. The van der Waals surface area contributed by atoms with E-state index in [-0.39, 0.29) is 77.6 Å². The van der Waals surface area contributed by atoms with Gasteiger partial charge in [0.15, 0.2) is 0 Å². The number of fused-ring (bicyclic) bond motifs is 8. The molecule has 242 valence electrons. The number of aryl methyl sites for hydroxylation is 1. The molecular formula is C34H38N4O8. The van der Waals surface area contributed by atoms with Gasteiger partial charge in [-0.2, -0.15) is 0 Å². The number of nitrogens with one attached hydrogen (secondary N) is 2. The molecule has 0 radical (unpaired) electrons. The maximum atomic E-state index is 12.5. The fraction of sp³-hybridized carbons (Fsp3) is 0.353. The molecule has 0 saturated heterocycles. The molecule has 0 unspecified atom stereocenters. The molecule has 5 heterocycles. The van der Waals surface area contributed by atoms with E-state index in [0.717, 1.165) is 50.3 Å². The normalized spacial score (nSPS) is 12.3. The van der Waals surface area contributed by atoms with E-state index in [1.807, 2.05) is 60.7 Å². The molecule has 0 spiro atoms. The predicted octanol–water partition coefficient (Wildman–Crippen LogP) is 3.84. The smallest absolute Gasteiger partial charge is 0.306 e. The molecule has 2 aliphatic heterocycles. The van der Waals surface area contributed by atoms with Crippen molar-refractivity contribution in [1.82, 2.24) is 19.9 Å². The van der Waals surface area contributed by atoms with E-state index in [4.69, 9.17) is 39.1 Å². The molecule has 2 aliphatic rings. The predicted molar refractivity (Wildman–Crippen MR) is 173 cm³/mol. The SMILES string of the molecule is O=C(CCC1=Cc2cc3ccc(cc4nc(cc5cc(CCC(=O)OCCOCCO)c(cc1n2)[nH]5)C=C4)[nH]3)OCCOCCO. The zero-order valence-corrected chi connectivity index (χ0v) is 25.5. The van der Waals surface area contributed by atoms with Crippen LogP contribution in [0.1, 0.15) is 47.6 Å². The maximum Gasteiger partial charge on any atom is 0.306 e. The van der Waals surface area contributed by atoms with Crippen molar-refractivity contribution in [3.63, 3.8) is 0 Å². The molecule has 5 rings (SSSR count). The van der Waals surface area contributed by atoms with Gasteiger partial charge in [0.05, 0.1) is 62.4 Å². The van der Waals surface area contributed by atoms with Crippen LogP contribution in [0.3, 0.4) is 0 Å². The van der Waals surface area contributed by atoms with Crippen LogP contribution in [0, 0.1) is 0 Å². The average Bonchev–Trinajstić information content (AvgIpc) is 3.84. The lowest BCUT2D eigenvalue weighted by Crippen LogP contribution is -2.12. The number of aliphatic hydroxyl groups is 2. The number of allylic oxidation sites excluding steroid dienone is 1. The number of carbonyl (C=O) groups excluding carboxylic acids is 2. The van der Waals surface area contributed by atoms with Gasteiger partial charge in [-0.1, -0.05) is 0 Å². The van der Waals surface area contributed by atoms with Crippen molar-refractivity contribution in [2.45, 2.75) is 25.7 Å². The van der Waals surface area contributed by atoms with Gasteiger partial charge in [0.1, 0.15) is 13.2 Å². The number of rotatable bonds is 16. The number of hydrogen-bond acceptors (Lipinski definition) is 10. The second-order valence-electron chi connectivity index (χ2n) is 10.6. The van der Waals surface area contributed by atoms with E-state index >= 15 is 0 Å². The first-order valence-corrected chi connectivity index (χ1v) is 15.3. The zero-order valence-electron chi connectivity index (χ0n) is 25.5. The molecule has 0 aliphatic carbocycles. The van der Waals surface area contributed by atoms with Crippen molar-refractivity contribution in [1.29, 1.82) is 0 Å². The molecule has 12 nitrogen and oxygen atoms in total. The minimum Gasteiger partial charge on any atom is -0.463 e. The molecule has 0 amide bonds. The highest BCUT2D eigenvalue weighted by Gasteiger charge is 2.15. The summed E-state index contributed by atoms with van der Waals surface area (Å²) in [6.07, 6.45) is 7.01. The van der Waals surface area contributed by atoms with Gasteiger partial charge in [0.25, 0.3) is 0 Å². The summed E-state index contributed by atoms with van der Waals surface area (Å²) in [4.78, 5) is 41.4. The molecule has 3 aromatic heterocycles. The van der Waals surface area contributed by atoms with Crippen LogP contribution in [0.4, 0.5) is 0 Å². The average molecular weight is 631 g/mol. The van der Waals surface area contributed by atoms with Gasteiger partial charge < -0.3 is 39.1 Å². The molecule has 12 heteroatoms. The standard InChI is InChI=1S/C34H38N4O8/c39-9-11-43-13-15-45-33(41)7-1-23-17-29-20-27-5-3-25(35-27)19-26-4-6-28(36-26)21-30-18-24(32(38-30)22-31(23)37-29)2-8-34(42)46-16-14-44-12-10-40/h3-6,17-22,35,38-40H,1-2,7-16H2. The summed E-state index contributed by atoms with van der Waals surface area (Å²) < 4.78 is 20.9. The Labute approximate surface area is 265 Å². The summed E-state index contributed by atoms with van der Waals surface area (Å²) in [6.45, 7) is 0.899. The van der Waals surface area contributed by atoms with Gasteiger partial charge in [-0.15, -0.1) is 0 Å². The molecule has 3 aromatic rings. The number of hydrogen-bond donors (Lipinski definition) is 4. The van der Waals surface area contributed by atoms with Gasteiger partial charge in [0.2, 0.25) is 0 Å². The highest BCUT2D eigenvalue weighted by molar-refractivity contribution is 5.87. The molecule has 0 fully saturated rings. The lowest BCUT2D eigenvalue weighted by atomic mass is 10.1. The first kappa shape index (κ1) is 32.8. The van der Waals surface area contributed by atoms with Gasteiger partial charge in [-0.05, 0) is 84.7 Å². The van der Waals surface area contributed by atoms with E-state index in [0.29, 0.717) is 18.5 Å². The van der Waals surface area contributed by atoms with Gasteiger partial charge in [-0.3, -0.25) is 9.59 Å². The van der Waals surface area contributed by atoms with Crippen molar-refractivity contribution >= 4 is 57.8 Å². The molecule has 0 saturated carbocycles. The molecule has 8 bridgehead atoms. The summed E-state index contributed by atoms with van der Waals surface area (Å²) in [5.74, 6) is -0.705. The minimum absolute atomic E-state index is 0.0855. The van der Waals surface area contributed by atoms with Crippen molar-refractivity contribution < 1.29 is 38.7 Å². The van der Waals surface area contributed by atoms with E-state index < -0.39 is 0 Å². The van der Waals surface area contributed by atoms with Gasteiger partial charge in [-0.25, -0.2) is 9.97 Å². The number of H-pyrrole nitrogens is 2. The third-order valence-corrected chi connectivity index (χ3v) is 7.11. The van der Waals surface area contributed by atoms with Crippen LogP contribution in [0.25, 0.3) is 45.9 Å². The van der Waals surface area contributed by atoms with Crippen molar-refractivity contribution in [2.24, 2.45) is 0 Å². The Bertz CT molecular complexity index is 1740. The summed E-state index contributed by atoms with van der Waals surface area (Å²) >= 11 is 0. The summed E-state index contributed by atoms with van der Waals surface area (Å²) in [7, 11) is 0. The first-order valence-electron chi connectivity index (χ1n) is 15.3. The Balaban J connectivity index is 1.44. The Morgan fingerprint density at radius 2 is 1.26 bits per heavy atom. The maximum absolute atomic E-state index is 12.5. The fourth-order valence-corrected chi connectivity index (χ4v) is 4.99. The topological polar surface area (TPSA) is 169 Å². The third kappa shape index (κ3) is 9.69. The number of aromatic nitrogens is 4. The van der Waals surface area contributed by atoms with Crippen molar-refractivity contribution in [3.8, 4) is 0 Å². The van der Waals surface area contributed by atoms with Gasteiger partial charge >= 0.3 is 11.9 Å². The van der Waals surface area contributed by atoms with Gasteiger partial charge in [0, 0.05) is 34.9 Å². The van der Waals surface area contributed by atoms with E-state index in [1.54, 1.807) is 0 Å². The highest BCUT2D eigenvalue weighted by atomic mass is 16.6. The van der Waals surface area contributed by atoms with Crippen LogP contribution in [-0.2, 0) is 35.0 Å². The molecule has 0 atom stereocenters. The second-order valence-corrected chi connectivity index (χ2v) is 10.6. The Morgan fingerprint density at radius 1 is 0.652 bits per heavy atom. The quantitative estimate of drug-likeness (QED) is 0.105. The first-order chi connectivity index (χ1) is 22.5. The zero-order chi connectivity index (χ0) is 32.1. The van der Waals surface area contributed by atoms with Crippen LogP contribution < -0.4 is 0 Å². The van der Waals surface area contributed by atoms with E-state index in [2.05, 4.69) is 9.97 Å². The minimum atomic E-state index is -0.354. The van der Waals surface area contributed by atoms with Crippen LogP contribution in [0.2, 0.25) is 0 Å². The number of carbonyl (C=O) groups is 2. The Kier molecular flexibility index (Phi) is 11.8. The summed E-state index contributed by atoms with van der Waals surface area (Å²) in [5.41, 5.74) is 8.18. The fourth-order valence-electron chi connectivity index (χ4n) is 4.99. The number of ether oxygens (including phenoxy) is 4. The number of nitrogens with zero attached hydrogens (tertiary/aromatic N) is 2. The number of esters is 2. The Hall–Kier alpha value is -4.62. The molecular weight excluding hydrogens is 592 g/mol. The lowest BCUT2D eigenvalue weighted by molar-refractivity contribution is -0.146. The van der Waals surface area contributed by atoms with Crippen molar-refractivity contribution in [2.75, 3.05) is 52.9 Å². The lowest BCUT2D eigenvalue weighted by Gasteiger charge is -2.06. The molecule has 46 heavy (non-hydrogen) atoms. The van der Waals surface area contributed by atoms with E-state index in [9.17, 15) is 9.59 Å². The van der Waals surface area contributed by atoms with Crippen LogP contribution in [-0.4, -0.2) is 94.9 Å². The number of aliphatic hydroxyl groups excluding tert-OH is 2. The van der Waals surface area contributed by atoms with Crippen molar-refractivity contribution in [3.05, 3.63) is 70.8 Å². The molecule has 0 aromatic carbocycles. The highest BCUT2D eigenvalue weighted by Crippen LogP contribution is 2.28. The molecule has 4 N–H and O–H groups in total. The Morgan fingerprint density at radius 3 is 1.91 bits per heavy atom. The summed E-state index contributed by atoms with van der Waals surface area (Å²) in [5, 5.41) is 17.6. The third-order valence-electron chi connectivity index (χ3n) is 7.11. The monoisotopic (exact) mass is 630 g/mol. The second kappa shape index (κ2) is 16.6. The number of aromatic amines is 2. The van der Waals surface area contributed by atoms with E-state index in [1.165, 1.54) is 0 Å². The van der Waals surface area contributed by atoms with Crippen LogP contribution in [0.5, 0.6) is 0 Å².